The van der Waals surface area contributed by atoms with Gasteiger partial charge < -0.3 is 0 Å². The fourth-order valence-electron chi connectivity index (χ4n) is 3.39. The summed E-state index contributed by atoms with van der Waals surface area (Å²) in [4.78, 5) is 0. The Bertz CT molecular complexity index is 945. The number of aryl methyl sites for hydroxylation is 2. The van der Waals surface area contributed by atoms with Crippen LogP contribution in [0.2, 0.25) is 0 Å². The smallest absolute Gasteiger partial charge is 0.0152 e. The van der Waals surface area contributed by atoms with E-state index in [1.807, 2.05) is 0 Å². The highest BCUT2D eigenvalue weighted by Gasteiger charge is 2.01. The molecule has 0 spiro atoms. The van der Waals surface area contributed by atoms with Crippen molar-refractivity contribution in [3.8, 4) is 0 Å². The van der Waals surface area contributed by atoms with Crippen LogP contribution in [0.5, 0.6) is 0 Å². The first-order valence-electron chi connectivity index (χ1n) is 8.34. The second-order valence-corrected chi connectivity index (χ2v) is 6.17. The summed E-state index contributed by atoms with van der Waals surface area (Å²) >= 11 is 0. The van der Waals surface area contributed by atoms with E-state index in [0.29, 0.717) is 0 Å². The van der Waals surface area contributed by atoms with Crippen LogP contribution in [0.1, 0.15) is 17.5 Å². The van der Waals surface area contributed by atoms with E-state index < -0.39 is 0 Å². The number of benzene rings is 4. The van der Waals surface area contributed by atoms with Gasteiger partial charge >= 0.3 is 0 Å². The molecule has 23 heavy (non-hydrogen) atoms. The number of rotatable bonds is 4. The molecular formula is C23H20. The molecule has 0 saturated carbocycles. The van der Waals surface area contributed by atoms with Gasteiger partial charge in [-0.2, -0.15) is 0 Å². The van der Waals surface area contributed by atoms with E-state index in [-0.39, 0.29) is 0 Å². The van der Waals surface area contributed by atoms with Gasteiger partial charge in [-0.05, 0) is 51.9 Å². The Hall–Kier alpha value is -2.60. The van der Waals surface area contributed by atoms with E-state index >= 15 is 0 Å². The average Bonchev–Trinajstić information content (AvgIpc) is 2.62. The van der Waals surface area contributed by atoms with E-state index in [0.717, 1.165) is 12.8 Å². The van der Waals surface area contributed by atoms with Gasteiger partial charge in [0.2, 0.25) is 0 Å². The molecule has 0 heterocycles. The quantitative estimate of drug-likeness (QED) is 0.422. The summed E-state index contributed by atoms with van der Waals surface area (Å²) < 4.78 is 0. The molecule has 0 radical (unpaired) electrons. The van der Waals surface area contributed by atoms with Gasteiger partial charge in [-0.15, -0.1) is 0 Å². The Labute approximate surface area is 137 Å². The lowest BCUT2D eigenvalue weighted by Gasteiger charge is -2.07. The topological polar surface area (TPSA) is 0 Å². The van der Waals surface area contributed by atoms with Crippen molar-refractivity contribution in [1.29, 1.82) is 0 Å². The summed E-state index contributed by atoms with van der Waals surface area (Å²) in [7, 11) is 0. The maximum atomic E-state index is 2.33. The lowest BCUT2D eigenvalue weighted by Crippen LogP contribution is -1.91. The third-order valence-corrected chi connectivity index (χ3v) is 4.61. The summed E-state index contributed by atoms with van der Waals surface area (Å²) in [5, 5.41) is 5.41. The van der Waals surface area contributed by atoms with Gasteiger partial charge in [0.25, 0.3) is 0 Å². The Morgan fingerprint density at radius 3 is 2.17 bits per heavy atom. The van der Waals surface area contributed by atoms with Crippen LogP contribution in [0.4, 0.5) is 0 Å². The normalized spacial score (nSPS) is 11.1. The molecule has 0 aliphatic heterocycles. The number of hydrogen-bond donors (Lipinski definition) is 0. The first kappa shape index (κ1) is 14.0. The van der Waals surface area contributed by atoms with Gasteiger partial charge in [0.05, 0.1) is 0 Å². The van der Waals surface area contributed by atoms with Crippen molar-refractivity contribution in [3.63, 3.8) is 0 Å². The van der Waals surface area contributed by atoms with E-state index in [1.165, 1.54) is 39.1 Å². The Kier molecular flexibility index (Phi) is 3.81. The van der Waals surface area contributed by atoms with Gasteiger partial charge in [-0.3, -0.25) is 0 Å². The van der Waals surface area contributed by atoms with Crippen LogP contribution in [0.3, 0.4) is 0 Å². The van der Waals surface area contributed by atoms with E-state index in [1.54, 1.807) is 0 Å². The number of fused-ring (bicyclic) bond motifs is 2. The van der Waals surface area contributed by atoms with Crippen molar-refractivity contribution < 1.29 is 0 Å². The van der Waals surface area contributed by atoms with Crippen molar-refractivity contribution in [2.45, 2.75) is 19.3 Å². The molecule has 0 saturated heterocycles. The van der Waals surface area contributed by atoms with E-state index in [2.05, 4.69) is 84.9 Å². The second kappa shape index (κ2) is 6.26. The Morgan fingerprint density at radius 1 is 0.522 bits per heavy atom. The third-order valence-electron chi connectivity index (χ3n) is 4.61. The molecule has 112 valence electrons. The highest BCUT2D eigenvalue weighted by molar-refractivity contribution is 5.85. The molecule has 0 unspecified atom stereocenters. The molecule has 0 nitrogen and oxygen atoms in total. The second-order valence-electron chi connectivity index (χ2n) is 6.17. The molecule has 0 atom stereocenters. The van der Waals surface area contributed by atoms with E-state index in [9.17, 15) is 0 Å². The van der Waals surface area contributed by atoms with Crippen LogP contribution in [-0.2, 0) is 12.8 Å². The minimum Gasteiger partial charge on any atom is -0.0616 e. The van der Waals surface area contributed by atoms with Crippen molar-refractivity contribution in [2.24, 2.45) is 0 Å². The summed E-state index contributed by atoms with van der Waals surface area (Å²) in [5.41, 5.74) is 2.90. The van der Waals surface area contributed by atoms with Crippen molar-refractivity contribution >= 4 is 21.5 Å². The van der Waals surface area contributed by atoms with Gasteiger partial charge in [0, 0.05) is 0 Å². The highest BCUT2D eigenvalue weighted by Crippen LogP contribution is 2.21. The Balaban J connectivity index is 1.50. The van der Waals surface area contributed by atoms with Crippen LogP contribution in [0, 0.1) is 0 Å². The largest absolute Gasteiger partial charge is 0.0616 e. The minimum atomic E-state index is 1.13. The van der Waals surface area contributed by atoms with Crippen molar-refractivity contribution in [3.05, 3.63) is 96.1 Å². The maximum absolute atomic E-state index is 2.33. The molecule has 0 aliphatic carbocycles. The fraction of sp³-hybridized carbons (Fsp3) is 0.130. The summed E-state index contributed by atoms with van der Waals surface area (Å²) in [6, 6.07) is 30.7. The molecule has 0 heteroatoms. The zero-order chi connectivity index (χ0) is 15.5. The Morgan fingerprint density at radius 2 is 1.26 bits per heavy atom. The lowest BCUT2D eigenvalue weighted by molar-refractivity contribution is 0.826. The summed E-state index contributed by atoms with van der Waals surface area (Å²) in [6.07, 6.45) is 3.45. The molecule has 0 fully saturated rings. The molecule has 0 amide bonds. The average molecular weight is 296 g/mol. The predicted molar refractivity (Wildman–Crippen MR) is 99.9 cm³/mol. The molecule has 4 aromatic carbocycles. The van der Waals surface area contributed by atoms with Crippen LogP contribution in [0.15, 0.2) is 84.9 Å². The fourth-order valence-corrected chi connectivity index (χ4v) is 3.39. The molecule has 0 aliphatic rings. The zero-order valence-electron chi connectivity index (χ0n) is 13.2. The van der Waals surface area contributed by atoms with Crippen molar-refractivity contribution in [2.75, 3.05) is 0 Å². The molecular weight excluding hydrogens is 276 g/mol. The first-order chi connectivity index (χ1) is 11.4. The van der Waals surface area contributed by atoms with E-state index in [4.69, 9.17) is 0 Å². The SMILES string of the molecule is c1ccc2cc(CCCc3cccc4ccccc34)ccc2c1. The van der Waals surface area contributed by atoms with Crippen LogP contribution < -0.4 is 0 Å². The monoisotopic (exact) mass is 296 g/mol. The molecule has 0 N–H and O–H groups in total. The molecule has 0 aromatic heterocycles. The highest BCUT2D eigenvalue weighted by atomic mass is 14.1. The molecule has 4 rings (SSSR count). The lowest BCUT2D eigenvalue weighted by atomic mass is 9.98. The van der Waals surface area contributed by atoms with Gasteiger partial charge in [0.15, 0.2) is 0 Å². The standard InChI is InChI=1S/C23H20/c1-2-10-22-17-18(15-16-19(22)8-1)7-5-11-21-13-6-12-20-9-3-4-14-23(20)21/h1-4,6,8-10,12-17H,5,7,11H2. The van der Waals surface area contributed by atoms with Crippen LogP contribution >= 0.6 is 0 Å². The van der Waals surface area contributed by atoms with Gasteiger partial charge in [-0.1, -0.05) is 84.9 Å². The predicted octanol–water partition coefficient (Wildman–Crippen LogP) is 6.17. The van der Waals surface area contributed by atoms with Crippen LogP contribution in [0.25, 0.3) is 21.5 Å². The van der Waals surface area contributed by atoms with Gasteiger partial charge in [-0.25, -0.2) is 0 Å². The number of hydrogen-bond acceptors (Lipinski definition) is 0. The zero-order valence-corrected chi connectivity index (χ0v) is 13.2. The first-order valence-corrected chi connectivity index (χ1v) is 8.34. The van der Waals surface area contributed by atoms with Gasteiger partial charge in [0.1, 0.15) is 0 Å². The third kappa shape index (κ3) is 2.98. The minimum absolute atomic E-state index is 1.13. The maximum Gasteiger partial charge on any atom is -0.0152 e. The molecule has 4 aromatic rings. The van der Waals surface area contributed by atoms with Crippen molar-refractivity contribution in [1.82, 2.24) is 0 Å². The summed E-state index contributed by atoms with van der Waals surface area (Å²) in [6.45, 7) is 0. The molecule has 0 bridgehead atoms. The van der Waals surface area contributed by atoms with Crippen LogP contribution in [-0.4, -0.2) is 0 Å². The summed E-state index contributed by atoms with van der Waals surface area (Å²) in [5.74, 6) is 0.